The van der Waals surface area contributed by atoms with Crippen molar-refractivity contribution in [1.82, 2.24) is 0 Å². The lowest BCUT2D eigenvalue weighted by molar-refractivity contribution is 0.475. The molecule has 3 aromatic carbocycles. The molecule has 0 spiro atoms. The maximum absolute atomic E-state index is 9.37. The Hall–Kier alpha value is -3.07. The number of aryl methyl sites for hydroxylation is 2. The highest BCUT2D eigenvalue weighted by Crippen LogP contribution is 2.24. The van der Waals surface area contributed by atoms with E-state index >= 15 is 0 Å². The fourth-order valence-electron chi connectivity index (χ4n) is 3.17. The number of aliphatic imine (C=N–C) groups is 1. The van der Waals surface area contributed by atoms with Gasteiger partial charge in [0.05, 0.1) is 5.69 Å². The van der Waals surface area contributed by atoms with Crippen molar-refractivity contribution < 1.29 is 5.11 Å². The first kappa shape index (κ1) is 18.7. The predicted molar refractivity (Wildman–Crippen MR) is 114 cm³/mol. The zero-order valence-electron chi connectivity index (χ0n) is 15.9. The van der Waals surface area contributed by atoms with E-state index in [1.807, 2.05) is 24.4 Å². The quantitative estimate of drug-likeness (QED) is 0.455. The van der Waals surface area contributed by atoms with Crippen LogP contribution in [0.2, 0.25) is 0 Å². The Kier molecular flexibility index (Phi) is 5.92. The molecule has 0 saturated heterocycles. The van der Waals surface area contributed by atoms with Crippen LogP contribution >= 0.6 is 0 Å². The molecule has 0 aliphatic heterocycles. The van der Waals surface area contributed by atoms with Gasteiger partial charge in [-0.05, 0) is 83.5 Å². The standard InChI is InChI=1S/C24H26N2O/c1-3-20-14-18(7-11-23(20)25)13-19-8-12-24(21(4-2)15-19)26-16-17-5-9-22(27)10-6-17/h5-12,14-16,27H,3-4,13,25H2,1-2H3/b26-16+. The second-order valence-corrected chi connectivity index (χ2v) is 6.73. The van der Waals surface area contributed by atoms with Crippen LogP contribution in [0, 0.1) is 0 Å². The smallest absolute Gasteiger partial charge is 0.115 e. The second kappa shape index (κ2) is 8.54. The minimum absolute atomic E-state index is 0.264. The molecule has 3 rings (SSSR count). The first-order valence-electron chi connectivity index (χ1n) is 9.41. The number of phenols is 1. The maximum Gasteiger partial charge on any atom is 0.115 e. The Bertz CT molecular complexity index is 943. The number of hydrogen-bond donors (Lipinski definition) is 2. The van der Waals surface area contributed by atoms with Gasteiger partial charge in [-0.1, -0.05) is 38.1 Å². The fourth-order valence-corrected chi connectivity index (χ4v) is 3.17. The van der Waals surface area contributed by atoms with Crippen LogP contribution in [0.15, 0.2) is 65.7 Å². The molecule has 3 N–H and O–H groups in total. The largest absolute Gasteiger partial charge is 0.508 e. The summed E-state index contributed by atoms with van der Waals surface area (Å²) in [5.41, 5.74) is 13.8. The van der Waals surface area contributed by atoms with Gasteiger partial charge in [0.15, 0.2) is 0 Å². The van der Waals surface area contributed by atoms with E-state index < -0.39 is 0 Å². The van der Waals surface area contributed by atoms with E-state index in [0.717, 1.165) is 36.2 Å². The molecule has 3 aromatic rings. The number of nitrogen functional groups attached to an aromatic ring is 1. The molecular formula is C24H26N2O. The average Bonchev–Trinajstić information content (AvgIpc) is 2.69. The summed E-state index contributed by atoms with van der Waals surface area (Å²) in [7, 11) is 0. The number of nitrogens with two attached hydrogens (primary N) is 1. The Morgan fingerprint density at radius 3 is 2.15 bits per heavy atom. The number of phenolic OH excluding ortho intramolecular Hbond substituents is 1. The number of hydrogen-bond acceptors (Lipinski definition) is 3. The number of aromatic hydroxyl groups is 1. The lowest BCUT2D eigenvalue weighted by atomic mass is 9.98. The SMILES string of the molecule is CCc1cc(Cc2ccc(/N=C/c3ccc(O)cc3)c(CC)c2)ccc1N. The third-order valence-corrected chi connectivity index (χ3v) is 4.77. The van der Waals surface area contributed by atoms with Crippen molar-refractivity contribution in [3.63, 3.8) is 0 Å². The van der Waals surface area contributed by atoms with Crippen LogP contribution in [0.5, 0.6) is 5.75 Å². The first-order chi connectivity index (χ1) is 13.1. The maximum atomic E-state index is 9.37. The predicted octanol–water partition coefficient (Wildman–Crippen LogP) is 5.44. The van der Waals surface area contributed by atoms with Gasteiger partial charge in [-0.3, -0.25) is 4.99 Å². The second-order valence-electron chi connectivity index (χ2n) is 6.73. The molecule has 0 aliphatic rings. The summed E-state index contributed by atoms with van der Waals surface area (Å²) in [6, 6.07) is 19.8. The lowest BCUT2D eigenvalue weighted by Gasteiger charge is -2.10. The molecule has 0 bridgehead atoms. The van der Waals surface area contributed by atoms with E-state index in [1.165, 1.54) is 22.3 Å². The summed E-state index contributed by atoms with van der Waals surface area (Å²) < 4.78 is 0. The highest BCUT2D eigenvalue weighted by molar-refractivity contribution is 5.82. The first-order valence-corrected chi connectivity index (χ1v) is 9.41. The van der Waals surface area contributed by atoms with Gasteiger partial charge in [0, 0.05) is 11.9 Å². The van der Waals surface area contributed by atoms with Crippen LogP contribution in [0.3, 0.4) is 0 Å². The van der Waals surface area contributed by atoms with Gasteiger partial charge in [-0.25, -0.2) is 0 Å². The third-order valence-electron chi connectivity index (χ3n) is 4.77. The highest BCUT2D eigenvalue weighted by Gasteiger charge is 2.05. The zero-order chi connectivity index (χ0) is 19.2. The zero-order valence-corrected chi connectivity index (χ0v) is 15.9. The molecule has 3 nitrogen and oxygen atoms in total. The molecule has 0 amide bonds. The van der Waals surface area contributed by atoms with Gasteiger partial charge >= 0.3 is 0 Å². The van der Waals surface area contributed by atoms with Crippen molar-refractivity contribution in [2.75, 3.05) is 5.73 Å². The Balaban J connectivity index is 1.80. The summed E-state index contributed by atoms with van der Waals surface area (Å²) in [6.07, 6.45) is 4.60. The summed E-state index contributed by atoms with van der Waals surface area (Å²) in [6.45, 7) is 4.28. The lowest BCUT2D eigenvalue weighted by Crippen LogP contribution is -1.96. The summed E-state index contributed by atoms with van der Waals surface area (Å²) in [5.74, 6) is 0.264. The molecule has 0 aromatic heterocycles. The molecule has 27 heavy (non-hydrogen) atoms. The topological polar surface area (TPSA) is 58.6 Å². The summed E-state index contributed by atoms with van der Waals surface area (Å²) in [4.78, 5) is 4.64. The minimum atomic E-state index is 0.264. The van der Waals surface area contributed by atoms with Crippen molar-refractivity contribution in [1.29, 1.82) is 0 Å². The van der Waals surface area contributed by atoms with Gasteiger partial charge in [0.1, 0.15) is 5.75 Å². The Morgan fingerprint density at radius 1 is 0.852 bits per heavy atom. The van der Waals surface area contributed by atoms with Crippen molar-refractivity contribution in [2.45, 2.75) is 33.1 Å². The van der Waals surface area contributed by atoms with Crippen molar-refractivity contribution in [2.24, 2.45) is 4.99 Å². The van der Waals surface area contributed by atoms with Crippen LogP contribution in [-0.4, -0.2) is 11.3 Å². The summed E-state index contributed by atoms with van der Waals surface area (Å²) in [5, 5.41) is 9.37. The van der Waals surface area contributed by atoms with E-state index in [9.17, 15) is 5.11 Å². The van der Waals surface area contributed by atoms with Crippen LogP contribution in [-0.2, 0) is 19.3 Å². The highest BCUT2D eigenvalue weighted by atomic mass is 16.3. The molecule has 0 unspecified atom stereocenters. The molecule has 0 fully saturated rings. The van der Waals surface area contributed by atoms with Crippen LogP contribution in [0.1, 0.15) is 41.7 Å². The van der Waals surface area contributed by atoms with E-state index in [1.54, 1.807) is 12.1 Å². The minimum Gasteiger partial charge on any atom is -0.508 e. The molecule has 138 valence electrons. The van der Waals surface area contributed by atoms with Gasteiger partial charge in [0.25, 0.3) is 0 Å². The Morgan fingerprint density at radius 2 is 1.48 bits per heavy atom. The molecule has 0 radical (unpaired) electrons. The van der Waals surface area contributed by atoms with Gasteiger partial charge < -0.3 is 10.8 Å². The van der Waals surface area contributed by atoms with Crippen LogP contribution < -0.4 is 5.73 Å². The van der Waals surface area contributed by atoms with Crippen LogP contribution in [0.4, 0.5) is 11.4 Å². The Labute approximate surface area is 161 Å². The number of anilines is 1. The van der Waals surface area contributed by atoms with Gasteiger partial charge in [-0.15, -0.1) is 0 Å². The molecule has 0 heterocycles. The van der Waals surface area contributed by atoms with E-state index in [0.29, 0.717) is 0 Å². The molecular weight excluding hydrogens is 332 g/mol. The summed E-state index contributed by atoms with van der Waals surface area (Å²) >= 11 is 0. The van der Waals surface area contributed by atoms with E-state index in [-0.39, 0.29) is 5.75 Å². The van der Waals surface area contributed by atoms with Gasteiger partial charge in [-0.2, -0.15) is 0 Å². The molecule has 0 atom stereocenters. The third kappa shape index (κ3) is 4.76. The van der Waals surface area contributed by atoms with E-state index in [2.05, 4.69) is 49.2 Å². The average molecular weight is 358 g/mol. The number of nitrogens with zero attached hydrogens (tertiary/aromatic N) is 1. The normalized spacial score (nSPS) is 11.2. The van der Waals surface area contributed by atoms with Crippen molar-refractivity contribution in [3.05, 3.63) is 88.5 Å². The number of rotatable bonds is 6. The molecule has 0 saturated carbocycles. The van der Waals surface area contributed by atoms with Gasteiger partial charge in [0.2, 0.25) is 0 Å². The van der Waals surface area contributed by atoms with Crippen molar-refractivity contribution >= 4 is 17.6 Å². The monoisotopic (exact) mass is 358 g/mol. The van der Waals surface area contributed by atoms with E-state index in [4.69, 9.17) is 5.73 Å². The molecule has 0 aliphatic carbocycles. The molecule has 3 heteroatoms. The number of benzene rings is 3. The van der Waals surface area contributed by atoms with Crippen LogP contribution in [0.25, 0.3) is 0 Å². The fraction of sp³-hybridized carbons (Fsp3) is 0.208. The van der Waals surface area contributed by atoms with Crippen molar-refractivity contribution in [3.8, 4) is 5.75 Å².